The van der Waals surface area contributed by atoms with Gasteiger partial charge in [-0.05, 0) is 57.2 Å². The van der Waals surface area contributed by atoms with Gasteiger partial charge in [0.15, 0.2) is 5.16 Å². The molecule has 0 spiro atoms. The third kappa shape index (κ3) is 5.74. The number of hydrogen-bond donors (Lipinski definition) is 1. The van der Waals surface area contributed by atoms with E-state index in [2.05, 4.69) is 28.7 Å². The first-order valence-electron chi connectivity index (χ1n) is 11.2. The zero-order chi connectivity index (χ0) is 23.5. The smallest absolute Gasteiger partial charge is 0.243 e. The molecular weight excluding hydrogens is 444 g/mol. The van der Waals surface area contributed by atoms with Crippen LogP contribution in [-0.2, 0) is 21.4 Å². The molecule has 1 aliphatic heterocycles. The van der Waals surface area contributed by atoms with Gasteiger partial charge in [-0.1, -0.05) is 38.1 Å². The lowest BCUT2D eigenvalue weighted by atomic mass is 10.2. The fourth-order valence-corrected chi connectivity index (χ4v) is 6.23. The summed E-state index contributed by atoms with van der Waals surface area (Å²) in [5, 5.41) is 3.73. The quantitative estimate of drug-likeness (QED) is 0.570. The van der Waals surface area contributed by atoms with Crippen LogP contribution in [-0.4, -0.2) is 47.0 Å². The van der Waals surface area contributed by atoms with Gasteiger partial charge in [-0.25, -0.2) is 13.4 Å². The number of thioether (sulfide) groups is 1. The summed E-state index contributed by atoms with van der Waals surface area (Å²) in [5.74, 6) is 0.499. The van der Waals surface area contributed by atoms with Crippen LogP contribution < -0.4 is 5.32 Å². The molecule has 176 valence electrons. The first-order valence-corrected chi connectivity index (χ1v) is 13.6. The number of amides is 1. The number of anilines is 1. The molecular formula is C23H34N4O3S2. The van der Waals surface area contributed by atoms with E-state index >= 15 is 0 Å². The number of rotatable bonds is 8. The summed E-state index contributed by atoms with van der Waals surface area (Å²) in [6.45, 7) is 12.2. The van der Waals surface area contributed by atoms with E-state index < -0.39 is 10.0 Å². The highest BCUT2D eigenvalue weighted by Gasteiger charge is 2.26. The average molecular weight is 479 g/mol. The van der Waals surface area contributed by atoms with E-state index in [0.29, 0.717) is 24.7 Å². The van der Waals surface area contributed by atoms with E-state index in [-0.39, 0.29) is 16.6 Å². The van der Waals surface area contributed by atoms with E-state index in [4.69, 9.17) is 0 Å². The van der Waals surface area contributed by atoms with Crippen molar-refractivity contribution in [3.8, 4) is 0 Å². The minimum atomic E-state index is -3.55. The molecule has 0 aliphatic carbocycles. The highest BCUT2D eigenvalue weighted by Crippen LogP contribution is 2.26. The molecule has 1 N–H and O–H groups in total. The summed E-state index contributed by atoms with van der Waals surface area (Å²) in [6.07, 6.45) is 2.84. The first-order chi connectivity index (χ1) is 15.1. The number of hydrogen-bond acceptors (Lipinski definition) is 5. The van der Waals surface area contributed by atoms with Crippen LogP contribution in [0.4, 0.5) is 5.69 Å². The van der Waals surface area contributed by atoms with Crippen LogP contribution in [0, 0.1) is 26.7 Å². The van der Waals surface area contributed by atoms with Crippen molar-refractivity contribution in [1.29, 1.82) is 0 Å². The van der Waals surface area contributed by atoms with E-state index in [9.17, 15) is 13.2 Å². The van der Waals surface area contributed by atoms with Crippen LogP contribution in [0.2, 0.25) is 0 Å². The average Bonchev–Trinajstić information content (AvgIpc) is 3.01. The van der Waals surface area contributed by atoms with E-state index in [1.54, 1.807) is 22.5 Å². The number of nitrogens with zero attached hydrogens (tertiary/aromatic N) is 3. The highest BCUT2D eigenvalue weighted by atomic mass is 32.2. The number of benzene rings is 1. The molecule has 0 saturated carbocycles. The Hall–Kier alpha value is -1.84. The van der Waals surface area contributed by atoms with Crippen molar-refractivity contribution in [2.45, 2.75) is 70.5 Å². The van der Waals surface area contributed by atoms with Crippen LogP contribution >= 0.6 is 11.8 Å². The second-order valence-electron chi connectivity index (χ2n) is 8.85. The molecule has 0 bridgehead atoms. The lowest BCUT2D eigenvalue weighted by molar-refractivity contribution is -0.113. The SMILES string of the molecule is Cc1ccc(S(=O)(=O)N2CCCCC2)cc1NC(=O)CSc1nc(C)c(C)n1CC(C)C. The van der Waals surface area contributed by atoms with Gasteiger partial charge in [0.1, 0.15) is 0 Å². The number of carbonyl (C=O) groups is 1. The van der Waals surface area contributed by atoms with Gasteiger partial charge in [0.2, 0.25) is 15.9 Å². The van der Waals surface area contributed by atoms with Crippen molar-refractivity contribution in [3.63, 3.8) is 0 Å². The number of piperidine rings is 1. The Morgan fingerprint density at radius 3 is 2.50 bits per heavy atom. The van der Waals surface area contributed by atoms with Gasteiger partial charge in [0.25, 0.3) is 0 Å². The number of aryl methyl sites for hydroxylation is 2. The van der Waals surface area contributed by atoms with Gasteiger partial charge >= 0.3 is 0 Å². The maximum atomic E-state index is 13.0. The van der Waals surface area contributed by atoms with Crippen LogP contribution in [0.5, 0.6) is 0 Å². The van der Waals surface area contributed by atoms with Gasteiger partial charge < -0.3 is 9.88 Å². The van der Waals surface area contributed by atoms with Crippen molar-refractivity contribution in [2.75, 3.05) is 24.2 Å². The number of nitrogens with one attached hydrogen (secondary N) is 1. The first kappa shape index (κ1) is 24.8. The van der Waals surface area contributed by atoms with E-state index in [1.807, 2.05) is 20.8 Å². The molecule has 32 heavy (non-hydrogen) atoms. The van der Waals surface area contributed by atoms with Gasteiger partial charge in [-0.3, -0.25) is 4.79 Å². The van der Waals surface area contributed by atoms with Gasteiger partial charge in [-0.15, -0.1) is 0 Å². The van der Waals surface area contributed by atoms with Crippen molar-refractivity contribution in [1.82, 2.24) is 13.9 Å². The third-order valence-electron chi connectivity index (χ3n) is 5.74. The summed E-state index contributed by atoms with van der Waals surface area (Å²) in [4.78, 5) is 17.5. The summed E-state index contributed by atoms with van der Waals surface area (Å²) in [5.41, 5.74) is 3.45. The molecule has 0 radical (unpaired) electrons. The fraction of sp³-hybridized carbons (Fsp3) is 0.565. The number of aromatic nitrogens is 2. The molecule has 1 aromatic heterocycles. The summed E-state index contributed by atoms with van der Waals surface area (Å²) in [7, 11) is -3.55. The van der Waals surface area contributed by atoms with Gasteiger partial charge in [-0.2, -0.15) is 4.31 Å². The van der Waals surface area contributed by atoms with Crippen LogP contribution in [0.1, 0.15) is 50.1 Å². The normalized spacial score (nSPS) is 15.3. The van der Waals surface area contributed by atoms with Gasteiger partial charge in [0, 0.05) is 31.0 Å². The maximum absolute atomic E-state index is 13.0. The topological polar surface area (TPSA) is 84.3 Å². The largest absolute Gasteiger partial charge is 0.325 e. The fourth-order valence-electron chi connectivity index (χ4n) is 3.78. The molecule has 1 amide bonds. The standard InChI is InChI=1S/C23H34N4O3S2/c1-16(2)14-27-19(5)18(4)24-23(27)31-15-22(28)25-21-13-20(10-9-17(21)3)32(29,30)26-11-7-6-8-12-26/h9-10,13,16H,6-8,11-12,14-15H2,1-5H3,(H,25,28). The summed E-state index contributed by atoms with van der Waals surface area (Å²) >= 11 is 1.40. The van der Waals surface area contributed by atoms with E-state index in [1.165, 1.54) is 11.8 Å². The minimum Gasteiger partial charge on any atom is -0.325 e. The third-order valence-corrected chi connectivity index (χ3v) is 8.61. The maximum Gasteiger partial charge on any atom is 0.243 e. The zero-order valence-electron chi connectivity index (χ0n) is 19.6. The molecule has 1 aromatic carbocycles. The number of imidazole rings is 1. The summed E-state index contributed by atoms with van der Waals surface area (Å²) < 4.78 is 29.7. The Morgan fingerprint density at radius 2 is 1.84 bits per heavy atom. The van der Waals surface area contributed by atoms with Crippen LogP contribution in [0.15, 0.2) is 28.3 Å². The Balaban J connectivity index is 1.71. The molecule has 0 unspecified atom stereocenters. The monoisotopic (exact) mass is 478 g/mol. The molecule has 9 heteroatoms. The minimum absolute atomic E-state index is 0.181. The van der Waals surface area contributed by atoms with Crippen molar-refractivity contribution in [3.05, 3.63) is 35.2 Å². The predicted molar refractivity (Wildman–Crippen MR) is 130 cm³/mol. The Kier molecular flexibility index (Phi) is 8.06. The molecule has 3 rings (SSSR count). The second-order valence-corrected chi connectivity index (χ2v) is 11.7. The lowest BCUT2D eigenvalue weighted by Crippen LogP contribution is -2.35. The van der Waals surface area contributed by atoms with Crippen LogP contribution in [0.25, 0.3) is 0 Å². The second kappa shape index (κ2) is 10.4. The summed E-state index contributed by atoms with van der Waals surface area (Å²) in [6, 6.07) is 4.95. The number of sulfonamides is 1. The number of carbonyl (C=O) groups excluding carboxylic acids is 1. The Bertz CT molecular complexity index is 1070. The molecule has 1 aliphatic rings. The van der Waals surface area contributed by atoms with Crippen molar-refractivity contribution < 1.29 is 13.2 Å². The molecule has 2 aromatic rings. The van der Waals surface area contributed by atoms with Gasteiger partial charge in [0.05, 0.1) is 16.3 Å². The molecule has 2 heterocycles. The lowest BCUT2D eigenvalue weighted by Gasteiger charge is -2.26. The highest BCUT2D eigenvalue weighted by molar-refractivity contribution is 7.99. The predicted octanol–water partition coefficient (Wildman–Crippen LogP) is 4.37. The molecule has 1 saturated heterocycles. The Labute approximate surface area is 196 Å². The van der Waals surface area contributed by atoms with Crippen molar-refractivity contribution >= 4 is 33.4 Å². The van der Waals surface area contributed by atoms with E-state index in [0.717, 1.165) is 47.9 Å². The van der Waals surface area contributed by atoms with Crippen LogP contribution in [0.3, 0.4) is 0 Å². The van der Waals surface area contributed by atoms with Crippen molar-refractivity contribution in [2.24, 2.45) is 5.92 Å². The molecule has 0 atom stereocenters. The molecule has 7 nitrogen and oxygen atoms in total. The Morgan fingerprint density at radius 1 is 1.16 bits per heavy atom. The molecule has 1 fully saturated rings. The zero-order valence-corrected chi connectivity index (χ0v) is 21.3.